The van der Waals surface area contributed by atoms with Gasteiger partial charge in [-0.1, -0.05) is 11.6 Å². The van der Waals surface area contributed by atoms with Gasteiger partial charge >= 0.3 is 0 Å². The summed E-state index contributed by atoms with van der Waals surface area (Å²) in [5.74, 6) is 1.50. The van der Waals surface area contributed by atoms with Gasteiger partial charge in [-0.3, -0.25) is 4.79 Å². The van der Waals surface area contributed by atoms with Gasteiger partial charge in [0.2, 0.25) is 0 Å². The van der Waals surface area contributed by atoms with E-state index in [9.17, 15) is 9.90 Å². The van der Waals surface area contributed by atoms with Gasteiger partial charge in [0.1, 0.15) is 0 Å². The number of ketones is 1. The van der Waals surface area contributed by atoms with Crippen molar-refractivity contribution in [3.63, 3.8) is 0 Å². The molecule has 0 aliphatic heterocycles. The molecule has 1 aromatic rings. The SMILES string of the molecule is O=C1C=C(O)CC(CCSc2ccc(Cl)cc2)C1. The van der Waals surface area contributed by atoms with Crippen molar-refractivity contribution in [1.29, 1.82) is 0 Å². The number of aliphatic hydroxyl groups is 1. The van der Waals surface area contributed by atoms with Crippen molar-refractivity contribution < 1.29 is 9.90 Å². The molecule has 0 bridgehead atoms. The lowest BCUT2D eigenvalue weighted by Crippen LogP contribution is -2.14. The number of benzene rings is 1. The van der Waals surface area contributed by atoms with E-state index in [0.29, 0.717) is 12.8 Å². The molecule has 96 valence electrons. The maximum absolute atomic E-state index is 11.3. The first-order valence-electron chi connectivity index (χ1n) is 5.94. The smallest absolute Gasteiger partial charge is 0.159 e. The van der Waals surface area contributed by atoms with Gasteiger partial charge in [0.15, 0.2) is 5.78 Å². The summed E-state index contributed by atoms with van der Waals surface area (Å²) < 4.78 is 0. The zero-order valence-corrected chi connectivity index (χ0v) is 11.5. The highest BCUT2D eigenvalue weighted by Crippen LogP contribution is 2.27. The molecular formula is C14H15ClO2S. The quantitative estimate of drug-likeness (QED) is 0.839. The van der Waals surface area contributed by atoms with Crippen molar-refractivity contribution in [2.24, 2.45) is 5.92 Å². The number of halogens is 1. The molecule has 1 atom stereocenters. The first-order chi connectivity index (χ1) is 8.63. The van der Waals surface area contributed by atoms with Crippen LogP contribution >= 0.6 is 23.4 Å². The fourth-order valence-electron chi connectivity index (χ4n) is 2.03. The third-order valence-corrected chi connectivity index (χ3v) is 4.22. The number of aliphatic hydroxyl groups excluding tert-OH is 1. The van der Waals surface area contributed by atoms with E-state index >= 15 is 0 Å². The van der Waals surface area contributed by atoms with Crippen LogP contribution in [0.5, 0.6) is 0 Å². The van der Waals surface area contributed by atoms with Crippen molar-refractivity contribution in [1.82, 2.24) is 0 Å². The van der Waals surface area contributed by atoms with Gasteiger partial charge in [-0.2, -0.15) is 0 Å². The summed E-state index contributed by atoms with van der Waals surface area (Å²) in [6.45, 7) is 0. The van der Waals surface area contributed by atoms with Crippen LogP contribution < -0.4 is 0 Å². The number of thioether (sulfide) groups is 1. The summed E-state index contributed by atoms with van der Waals surface area (Å²) in [5, 5.41) is 10.2. The van der Waals surface area contributed by atoms with Crippen LogP contribution in [0.1, 0.15) is 19.3 Å². The Kier molecular flexibility index (Phi) is 4.72. The van der Waals surface area contributed by atoms with Crippen LogP contribution in [0.4, 0.5) is 0 Å². The molecule has 0 amide bonds. The van der Waals surface area contributed by atoms with E-state index in [1.807, 2.05) is 24.3 Å². The largest absolute Gasteiger partial charge is 0.512 e. The lowest BCUT2D eigenvalue weighted by atomic mass is 9.90. The Balaban J connectivity index is 1.77. The zero-order chi connectivity index (χ0) is 13.0. The molecule has 1 aromatic carbocycles. The van der Waals surface area contributed by atoms with E-state index in [1.54, 1.807) is 11.8 Å². The topological polar surface area (TPSA) is 37.3 Å². The highest BCUT2D eigenvalue weighted by Gasteiger charge is 2.19. The molecule has 0 saturated carbocycles. The minimum absolute atomic E-state index is 0.0419. The second kappa shape index (κ2) is 6.30. The first kappa shape index (κ1) is 13.5. The Bertz CT molecular complexity index is 453. The van der Waals surface area contributed by atoms with E-state index in [0.717, 1.165) is 17.2 Å². The summed E-state index contributed by atoms with van der Waals surface area (Å²) in [6, 6.07) is 7.75. The van der Waals surface area contributed by atoms with Gasteiger partial charge in [0.25, 0.3) is 0 Å². The van der Waals surface area contributed by atoms with Gasteiger partial charge in [-0.05, 0) is 42.4 Å². The second-order valence-electron chi connectivity index (χ2n) is 4.47. The van der Waals surface area contributed by atoms with Crippen molar-refractivity contribution in [3.8, 4) is 0 Å². The molecule has 0 aromatic heterocycles. The molecule has 4 heteroatoms. The molecule has 0 radical (unpaired) electrons. The van der Waals surface area contributed by atoms with Crippen molar-refractivity contribution >= 4 is 29.1 Å². The standard InChI is InChI=1S/C14H15ClO2S/c15-11-1-3-14(4-2-11)18-6-5-10-7-12(16)9-13(17)8-10/h1-4,9-10,16H,5-8H2. The molecule has 2 rings (SSSR count). The molecule has 1 unspecified atom stereocenters. The molecule has 0 spiro atoms. The van der Waals surface area contributed by atoms with Crippen LogP contribution in [-0.4, -0.2) is 16.6 Å². The number of allylic oxidation sites excluding steroid dienone is 2. The maximum atomic E-state index is 11.3. The van der Waals surface area contributed by atoms with Crippen LogP contribution in [0.15, 0.2) is 41.0 Å². The summed E-state index contributed by atoms with van der Waals surface area (Å²) in [6.07, 6.45) is 3.48. The predicted octanol–water partition coefficient (Wildman–Crippen LogP) is 4.24. The third-order valence-electron chi connectivity index (χ3n) is 2.92. The maximum Gasteiger partial charge on any atom is 0.159 e. The fraction of sp³-hybridized carbons (Fsp3) is 0.357. The van der Waals surface area contributed by atoms with E-state index in [4.69, 9.17) is 11.6 Å². The van der Waals surface area contributed by atoms with E-state index in [2.05, 4.69) is 0 Å². The predicted molar refractivity (Wildman–Crippen MR) is 75.2 cm³/mol. The molecule has 18 heavy (non-hydrogen) atoms. The Morgan fingerprint density at radius 3 is 2.67 bits per heavy atom. The summed E-state index contributed by atoms with van der Waals surface area (Å²) in [4.78, 5) is 12.5. The fourth-order valence-corrected chi connectivity index (χ4v) is 3.18. The number of hydrogen-bond donors (Lipinski definition) is 1. The van der Waals surface area contributed by atoms with Crippen LogP contribution in [-0.2, 0) is 4.79 Å². The average Bonchev–Trinajstić information content (AvgIpc) is 2.30. The molecule has 0 saturated heterocycles. The molecule has 1 aliphatic carbocycles. The van der Waals surface area contributed by atoms with Crippen molar-refractivity contribution in [2.75, 3.05) is 5.75 Å². The van der Waals surface area contributed by atoms with E-state index in [-0.39, 0.29) is 17.5 Å². The summed E-state index contributed by atoms with van der Waals surface area (Å²) in [5.41, 5.74) is 0. The Labute approximate surface area is 116 Å². The summed E-state index contributed by atoms with van der Waals surface area (Å²) >= 11 is 7.57. The zero-order valence-electron chi connectivity index (χ0n) is 9.93. The average molecular weight is 283 g/mol. The minimum atomic E-state index is 0.0419. The number of carbonyl (C=O) groups excluding carboxylic acids is 1. The van der Waals surface area contributed by atoms with Crippen LogP contribution in [0.3, 0.4) is 0 Å². The van der Waals surface area contributed by atoms with Crippen molar-refractivity contribution in [3.05, 3.63) is 41.1 Å². The van der Waals surface area contributed by atoms with Gasteiger partial charge in [0, 0.05) is 28.8 Å². The van der Waals surface area contributed by atoms with Gasteiger partial charge in [0.05, 0.1) is 5.76 Å². The van der Waals surface area contributed by atoms with Crippen LogP contribution in [0, 0.1) is 5.92 Å². The Morgan fingerprint density at radius 2 is 2.00 bits per heavy atom. The number of hydrogen-bond acceptors (Lipinski definition) is 3. The monoisotopic (exact) mass is 282 g/mol. The number of carbonyl (C=O) groups is 1. The van der Waals surface area contributed by atoms with Crippen LogP contribution in [0.25, 0.3) is 0 Å². The van der Waals surface area contributed by atoms with Crippen LogP contribution in [0.2, 0.25) is 5.02 Å². The second-order valence-corrected chi connectivity index (χ2v) is 6.07. The van der Waals surface area contributed by atoms with E-state index < -0.39 is 0 Å². The molecular weight excluding hydrogens is 268 g/mol. The molecule has 0 fully saturated rings. The molecule has 1 aliphatic rings. The van der Waals surface area contributed by atoms with E-state index in [1.165, 1.54) is 11.0 Å². The molecule has 1 N–H and O–H groups in total. The Hall–Kier alpha value is -0.930. The first-order valence-corrected chi connectivity index (χ1v) is 7.30. The molecule has 2 nitrogen and oxygen atoms in total. The van der Waals surface area contributed by atoms with Gasteiger partial charge in [-0.15, -0.1) is 11.8 Å². The summed E-state index contributed by atoms with van der Waals surface area (Å²) in [7, 11) is 0. The lowest BCUT2D eigenvalue weighted by molar-refractivity contribution is -0.116. The third kappa shape index (κ3) is 4.07. The number of rotatable bonds is 4. The van der Waals surface area contributed by atoms with Crippen molar-refractivity contribution in [2.45, 2.75) is 24.2 Å². The minimum Gasteiger partial charge on any atom is -0.512 e. The normalized spacial score (nSPS) is 19.7. The lowest BCUT2D eigenvalue weighted by Gasteiger charge is -2.18. The highest BCUT2D eigenvalue weighted by molar-refractivity contribution is 7.99. The highest BCUT2D eigenvalue weighted by atomic mass is 35.5. The molecule has 0 heterocycles. The van der Waals surface area contributed by atoms with Gasteiger partial charge in [-0.25, -0.2) is 0 Å². The Morgan fingerprint density at radius 1 is 1.28 bits per heavy atom. The van der Waals surface area contributed by atoms with Gasteiger partial charge < -0.3 is 5.11 Å².